The van der Waals surface area contributed by atoms with Crippen LogP contribution in [-0.4, -0.2) is 41.9 Å². The van der Waals surface area contributed by atoms with E-state index in [-0.39, 0.29) is 36.2 Å². The van der Waals surface area contributed by atoms with Crippen LogP contribution < -0.4 is 10.6 Å². The molecule has 2 amide bonds. The Bertz CT molecular complexity index is 658. The van der Waals surface area contributed by atoms with Crippen LogP contribution in [0.25, 0.3) is 0 Å². The summed E-state index contributed by atoms with van der Waals surface area (Å²) in [6.45, 7) is 4.05. The molecule has 136 valence electrons. The summed E-state index contributed by atoms with van der Waals surface area (Å²) in [5.41, 5.74) is -0.903. The molecule has 0 radical (unpaired) electrons. The summed E-state index contributed by atoms with van der Waals surface area (Å²) in [5, 5.41) is 7.58. The molecule has 1 aliphatic heterocycles. The Morgan fingerprint density at radius 1 is 1.44 bits per heavy atom. The van der Waals surface area contributed by atoms with Crippen molar-refractivity contribution in [2.45, 2.75) is 57.2 Å². The normalized spacial score (nSPS) is 26.5. The number of Topliss-reactive ketones (excluding diaryl/α,β-unsaturated/α-hetero) is 1. The van der Waals surface area contributed by atoms with Crippen LogP contribution in [0.2, 0.25) is 0 Å². The standard InChI is InChI=1S/C18H24N2O4S/c1-11(2)9-12(19-17(23)13-5-4-8-25-13)16(22)20-18-7-3-6-15(18)24-10-14(18)21/h4-5,8,11-12,15H,3,6-7,9-10H2,1-2H3,(H,19,23)(H,20,22). The summed E-state index contributed by atoms with van der Waals surface area (Å²) in [5.74, 6) is -0.391. The van der Waals surface area contributed by atoms with Crippen molar-refractivity contribution in [3.05, 3.63) is 22.4 Å². The second kappa shape index (κ2) is 7.25. The Labute approximate surface area is 151 Å². The third-order valence-corrected chi connectivity index (χ3v) is 5.79. The fourth-order valence-corrected chi connectivity index (χ4v) is 4.31. The molecule has 2 aliphatic rings. The number of fused-ring (bicyclic) bond motifs is 1. The number of nitrogens with one attached hydrogen (secondary N) is 2. The minimum Gasteiger partial charge on any atom is -0.367 e. The smallest absolute Gasteiger partial charge is 0.261 e. The highest BCUT2D eigenvalue weighted by molar-refractivity contribution is 7.12. The molecule has 2 fully saturated rings. The molecular weight excluding hydrogens is 340 g/mol. The summed E-state index contributed by atoms with van der Waals surface area (Å²) in [6, 6.07) is 2.86. The zero-order valence-electron chi connectivity index (χ0n) is 14.5. The fourth-order valence-electron chi connectivity index (χ4n) is 3.68. The topological polar surface area (TPSA) is 84.5 Å². The number of hydrogen-bond donors (Lipinski definition) is 2. The summed E-state index contributed by atoms with van der Waals surface area (Å²) in [6.07, 6.45) is 2.51. The highest BCUT2D eigenvalue weighted by Gasteiger charge is 2.55. The minimum absolute atomic E-state index is 0.0569. The molecule has 25 heavy (non-hydrogen) atoms. The Morgan fingerprint density at radius 2 is 2.24 bits per heavy atom. The first-order chi connectivity index (χ1) is 11.9. The summed E-state index contributed by atoms with van der Waals surface area (Å²) < 4.78 is 5.54. The van der Waals surface area contributed by atoms with E-state index in [9.17, 15) is 14.4 Å². The van der Waals surface area contributed by atoms with Crippen molar-refractivity contribution in [1.29, 1.82) is 0 Å². The van der Waals surface area contributed by atoms with E-state index >= 15 is 0 Å². The highest BCUT2D eigenvalue weighted by atomic mass is 32.1. The monoisotopic (exact) mass is 364 g/mol. The van der Waals surface area contributed by atoms with Crippen LogP contribution >= 0.6 is 11.3 Å². The maximum Gasteiger partial charge on any atom is 0.261 e. The van der Waals surface area contributed by atoms with Crippen LogP contribution in [0, 0.1) is 5.92 Å². The van der Waals surface area contributed by atoms with E-state index in [1.54, 1.807) is 12.1 Å². The lowest BCUT2D eigenvalue weighted by atomic mass is 9.91. The second-order valence-corrected chi connectivity index (χ2v) is 8.16. The number of amides is 2. The van der Waals surface area contributed by atoms with Crippen molar-refractivity contribution in [3.8, 4) is 0 Å². The van der Waals surface area contributed by atoms with Crippen LogP contribution in [0.3, 0.4) is 0 Å². The van der Waals surface area contributed by atoms with Gasteiger partial charge in [0.25, 0.3) is 5.91 Å². The van der Waals surface area contributed by atoms with Gasteiger partial charge in [0, 0.05) is 0 Å². The molecule has 0 spiro atoms. The molecule has 1 aromatic heterocycles. The van der Waals surface area contributed by atoms with Gasteiger partial charge in [0.05, 0.1) is 11.0 Å². The average molecular weight is 364 g/mol. The van der Waals surface area contributed by atoms with Crippen molar-refractivity contribution in [3.63, 3.8) is 0 Å². The van der Waals surface area contributed by atoms with E-state index in [0.717, 1.165) is 12.8 Å². The van der Waals surface area contributed by atoms with E-state index in [1.165, 1.54) is 11.3 Å². The molecule has 1 aliphatic carbocycles. The Morgan fingerprint density at radius 3 is 2.92 bits per heavy atom. The molecule has 6 nitrogen and oxygen atoms in total. The van der Waals surface area contributed by atoms with Gasteiger partial charge in [0.15, 0.2) is 5.78 Å². The van der Waals surface area contributed by atoms with Crippen LogP contribution in [-0.2, 0) is 14.3 Å². The maximum atomic E-state index is 12.9. The molecule has 1 saturated heterocycles. The van der Waals surface area contributed by atoms with Crippen LogP contribution in [0.5, 0.6) is 0 Å². The van der Waals surface area contributed by atoms with E-state index in [0.29, 0.717) is 17.7 Å². The predicted molar refractivity (Wildman–Crippen MR) is 94.5 cm³/mol. The van der Waals surface area contributed by atoms with E-state index in [4.69, 9.17) is 4.74 Å². The molecule has 2 heterocycles. The van der Waals surface area contributed by atoms with Crippen LogP contribution in [0.4, 0.5) is 0 Å². The Balaban J connectivity index is 1.73. The van der Waals surface area contributed by atoms with Gasteiger partial charge in [0.2, 0.25) is 5.91 Å². The first-order valence-corrected chi connectivity index (χ1v) is 9.61. The highest BCUT2D eigenvalue weighted by Crippen LogP contribution is 2.37. The molecule has 0 bridgehead atoms. The van der Waals surface area contributed by atoms with Gasteiger partial charge in [0.1, 0.15) is 18.2 Å². The molecule has 0 aromatic carbocycles. The number of ketones is 1. The lowest BCUT2D eigenvalue weighted by Crippen LogP contribution is -2.60. The zero-order valence-corrected chi connectivity index (χ0v) is 15.4. The lowest BCUT2D eigenvalue weighted by molar-refractivity contribution is -0.131. The molecule has 7 heteroatoms. The second-order valence-electron chi connectivity index (χ2n) is 7.21. The van der Waals surface area contributed by atoms with Gasteiger partial charge >= 0.3 is 0 Å². The van der Waals surface area contributed by atoms with Gasteiger partial charge in [-0.15, -0.1) is 11.3 Å². The van der Waals surface area contributed by atoms with Crippen molar-refractivity contribution < 1.29 is 19.1 Å². The van der Waals surface area contributed by atoms with Gasteiger partial charge in [-0.1, -0.05) is 19.9 Å². The quantitative estimate of drug-likeness (QED) is 0.807. The predicted octanol–water partition coefficient (Wildman–Crippen LogP) is 1.90. The van der Waals surface area contributed by atoms with Crippen molar-refractivity contribution in [2.24, 2.45) is 5.92 Å². The summed E-state index contributed by atoms with van der Waals surface area (Å²) >= 11 is 1.33. The zero-order chi connectivity index (χ0) is 18.0. The molecule has 3 atom stereocenters. The van der Waals surface area contributed by atoms with Gasteiger partial charge in [-0.2, -0.15) is 0 Å². The number of carbonyl (C=O) groups is 3. The van der Waals surface area contributed by atoms with Gasteiger partial charge < -0.3 is 15.4 Å². The molecule has 3 unspecified atom stereocenters. The molecule has 1 saturated carbocycles. The first kappa shape index (κ1) is 18.1. The first-order valence-electron chi connectivity index (χ1n) is 8.73. The van der Waals surface area contributed by atoms with E-state index < -0.39 is 11.6 Å². The minimum atomic E-state index is -0.903. The third-order valence-electron chi connectivity index (χ3n) is 4.92. The van der Waals surface area contributed by atoms with Gasteiger partial charge in [-0.25, -0.2) is 0 Å². The third kappa shape index (κ3) is 3.62. The van der Waals surface area contributed by atoms with Crippen molar-refractivity contribution >= 4 is 28.9 Å². The number of hydrogen-bond acceptors (Lipinski definition) is 5. The van der Waals surface area contributed by atoms with Crippen molar-refractivity contribution in [1.82, 2.24) is 10.6 Å². The molecule has 1 aromatic rings. The van der Waals surface area contributed by atoms with Crippen LogP contribution in [0.1, 0.15) is 49.2 Å². The molecule has 3 rings (SSSR count). The number of carbonyl (C=O) groups excluding carboxylic acids is 3. The Kier molecular flexibility index (Phi) is 5.24. The van der Waals surface area contributed by atoms with Crippen molar-refractivity contribution in [2.75, 3.05) is 6.61 Å². The number of thiophene rings is 1. The molecular formula is C18H24N2O4S. The van der Waals surface area contributed by atoms with Gasteiger partial charge in [-0.3, -0.25) is 14.4 Å². The number of rotatable bonds is 6. The lowest BCUT2D eigenvalue weighted by Gasteiger charge is -2.30. The van der Waals surface area contributed by atoms with E-state index in [2.05, 4.69) is 10.6 Å². The molecule has 2 N–H and O–H groups in total. The summed E-state index contributed by atoms with van der Waals surface area (Å²) in [4.78, 5) is 38.2. The van der Waals surface area contributed by atoms with Crippen LogP contribution in [0.15, 0.2) is 17.5 Å². The maximum absolute atomic E-state index is 12.9. The van der Waals surface area contributed by atoms with Gasteiger partial charge in [-0.05, 0) is 43.0 Å². The number of ether oxygens (including phenoxy) is 1. The fraction of sp³-hybridized carbons (Fsp3) is 0.611. The SMILES string of the molecule is CC(C)CC(NC(=O)c1cccs1)C(=O)NC12CCCC1OCC2=O. The van der Waals surface area contributed by atoms with E-state index in [1.807, 2.05) is 19.2 Å². The Hall–Kier alpha value is -1.73. The summed E-state index contributed by atoms with van der Waals surface area (Å²) in [7, 11) is 0. The average Bonchev–Trinajstić information content (AvgIpc) is 3.26. The largest absolute Gasteiger partial charge is 0.367 e.